The third-order valence-electron chi connectivity index (χ3n) is 6.73. The molecule has 0 aliphatic carbocycles. The number of nitrogens with zero attached hydrogens (tertiary/aromatic N) is 7. The van der Waals surface area contributed by atoms with Crippen molar-refractivity contribution in [3.8, 4) is 23.0 Å². The summed E-state index contributed by atoms with van der Waals surface area (Å²) in [6.45, 7) is 9.21. The first kappa shape index (κ1) is 25.2. The third-order valence-corrected chi connectivity index (χ3v) is 6.73. The number of rotatable bonds is 5. The quantitative estimate of drug-likeness (QED) is 0.515. The van der Waals surface area contributed by atoms with Gasteiger partial charge in [0.1, 0.15) is 11.3 Å². The lowest BCUT2D eigenvalue weighted by Gasteiger charge is -2.33. The Morgan fingerprint density at radius 2 is 1.84 bits per heavy atom. The molecule has 5 rings (SSSR count). The average molecular weight is 510 g/mol. The van der Waals surface area contributed by atoms with E-state index in [2.05, 4.69) is 21.3 Å². The number of carbonyl (C=O) groups is 1. The highest BCUT2D eigenvalue weighted by molar-refractivity contribution is 5.68. The number of likely N-dealkylation sites (tertiary alicyclic amines) is 1. The Kier molecular flexibility index (Phi) is 7.14. The van der Waals surface area contributed by atoms with E-state index < -0.39 is 5.60 Å². The second-order valence-electron chi connectivity index (χ2n) is 10.6. The molecule has 3 aromatic heterocycles. The van der Waals surface area contributed by atoms with Crippen LogP contribution in [0.25, 0.3) is 16.9 Å². The molecule has 0 bridgehead atoms. The lowest BCUT2D eigenvalue weighted by molar-refractivity contribution is 0.0177. The fraction of sp³-hybridized carbons (Fsp3) is 0.577. The first-order valence-electron chi connectivity index (χ1n) is 12.9. The molecule has 0 unspecified atom stereocenters. The molecular weight excluding hydrogens is 474 g/mol. The Morgan fingerprint density at radius 3 is 2.54 bits per heavy atom. The summed E-state index contributed by atoms with van der Waals surface area (Å²) in [4.78, 5) is 22.7. The molecule has 0 spiro atoms. The second-order valence-corrected chi connectivity index (χ2v) is 10.6. The summed E-state index contributed by atoms with van der Waals surface area (Å²) in [5.74, 6) is 0.450. The molecule has 37 heavy (non-hydrogen) atoms. The summed E-state index contributed by atoms with van der Waals surface area (Å²) in [5.41, 5.74) is 4.51. The van der Waals surface area contributed by atoms with Crippen LogP contribution in [-0.2, 0) is 28.9 Å². The van der Waals surface area contributed by atoms with E-state index in [0.717, 1.165) is 54.9 Å². The van der Waals surface area contributed by atoms with E-state index in [0.29, 0.717) is 38.2 Å². The van der Waals surface area contributed by atoms with E-state index in [-0.39, 0.29) is 6.09 Å². The van der Waals surface area contributed by atoms with Gasteiger partial charge in [0.25, 0.3) is 0 Å². The van der Waals surface area contributed by atoms with Crippen LogP contribution in [-0.4, -0.2) is 79.5 Å². The zero-order valence-electron chi connectivity index (χ0n) is 22.0. The summed E-state index contributed by atoms with van der Waals surface area (Å²) in [6, 6.07) is 0.323. The van der Waals surface area contributed by atoms with Crippen LogP contribution in [0.2, 0.25) is 0 Å². The van der Waals surface area contributed by atoms with Crippen LogP contribution in [0.4, 0.5) is 4.79 Å². The minimum atomic E-state index is -0.475. The minimum Gasteiger partial charge on any atom is -0.467 e. The van der Waals surface area contributed by atoms with Crippen LogP contribution in [0.1, 0.15) is 44.9 Å². The van der Waals surface area contributed by atoms with Crippen molar-refractivity contribution in [2.45, 2.75) is 58.6 Å². The molecule has 5 heterocycles. The lowest BCUT2D eigenvalue weighted by atomic mass is 9.97. The van der Waals surface area contributed by atoms with Crippen LogP contribution in [0.3, 0.4) is 0 Å². The SMILES string of the molecule is COc1ncc(-n2nc(-c3cnn(CC4CCN(C(=O)OC(C)(C)C)CC4)c3)c3c2CCOCC3)cn1. The van der Waals surface area contributed by atoms with Crippen molar-refractivity contribution in [3.05, 3.63) is 36.0 Å². The maximum Gasteiger partial charge on any atom is 0.410 e. The molecule has 2 aliphatic heterocycles. The van der Waals surface area contributed by atoms with Gasteiger partial charge in [0.15, 0.2) is 0 Å². The van der Waals surface area contributed by atoms with Gasteiger partial charge in [0.2, 0.25) is 0 Å². The van der Waals surface area contributed by atoms with Crippen molar-refractivity contribution in [3.63, 3.8) is 0 Å². The number of carbonyl (C=O) groups excluding carboxylic acids is 1. The van der Waals surface area contributed by atoms with Crippen molar-refractivity contribution in [2.75, 3.05) is 33.4 Å². The summed E-state index contributed by atoms with van der Waals surface area (Å²) in [7, 11) is 1.55. The molecular formula is C26H35N7O4. The van der Waals surface area contributed by atoms with Crippen molar-refractivity contribution in [2.24, 2.45) is 5.92 Å². The topological polar surface area (TPSA) is 109 Å². The standard InChI is InChI=1S/C26H35N7O4/c1-26(2,3)37-25(34)31-9-5-18(6-10-31)16-32-17-19(13-29-32)23-21-7-11-36-12-8-22(21)33(30-23)20-14-27-24(35-4)28-15-20/h13-15,17-18H,5-12,16H2,1-4H3. The van der Waals surface area contributed by atoms with E-state index in [4.69, 9.17) is 19.3 Å². The van der Waals surface area contributed by atoms with Gasteiger partial charge >= 0.3 is 12.1 Å². The third kappa shape index (κ3) is 5.76. The Bertz CT molecular complexity index is 1220. The highest BCUT2D eigenvalue weighted by Crippen LogP contribution is 2.30. The Hall–Kier alpha value is -3.47. The smallest absolute Gasteiger partial charge is 0.410 e. The number of fused-ring (bicyclic) bond motifs is 1. The van der Waals surface area contributed by atoms with Crippen molar-refractivity contribution >= 4 is 6.09 Å². The molecule has 0 radical (unpaired) electrons. The predicted molar refractivity (Wildman–Crippen MR) is 136 cm³/mol. The van der Waals surface area contributed by atoms with E-state index in [9.17, 15) is 4.79 Å². The molecule has 3 aromatic rings. The fourth-order valence-corrected chi connectivity index (χ4v) is 4.89. The first-order chi connectivity index (χ1) is 17.8. The van der Waals surface area contributed by atoms with Gasteiger partial charge in [0.05, 0.1) is 50.3 Å². The first-order valence-corrected chi connectivity index (χ1v) is 12.9. The molecule has 198 valence electrons. The molecule has 11 heteroatoms. The highest BCUT2D eigenvalue weighted by Gasteiger charge is 2.28. The van der Waals surface area contributed by atoms with Crippen molar-refractivity contribution in [1.29, 1.82) is 0 Å². The number of methoxy groups -OCH3 is 1. The number of piperidine rings is 1. The molecule has 11 nitrogen and oxygen atoms in total. The molecule has 0 atom stereocenters. The lowest BCUT2D eigenvalue weighted by Crippen LogP contribution is -2.42. The summed E-state index contributed by atoms with van der Waals surface area (Å²) in [5, 5.41) is 9.63. The zero-order chi connectivity index (χ0) is 26.0. The van der Waals surface area contributed by atoms with Gasteiger partial charge in [-0.15, -0.1) is 0 Å². The van der Waals surface area contributed by atoms with Crippen LogP contribution in [0.5, 0.6) is 6.01 Å². The van der Waals surface area contributed by atoms with E-state index in [1.165, 1.54) is 5.56 Å². The highest BCUT2D eigenvalue weighted by atomic mass is 16.6. The number of ether oxygens (including phenoxy) is 3. The number of amides is 1. The molecule has 0 saturated carbocycles. The molecule has 1 saturated heterocycles. The number of hydrogen-bond donors (Lipinski definition) is 0. The maximum atomic E-state index is 12.4. The molecule has 1 fully saturated rings. The van der Waals surface area contributed by atoms with Gasteiger partial charge in [-0.05, 0) is 46.0 Å². The Labute approximate surface area is 216 Å². The van der Waals surface area contributed by atoms with Gasteiger partial charge in [-0.1, -0.05) is 0 Å². The predicted octanol–water partition coefficient (Wildman–Crippen LogP) is 3.30. The molecule has 0 aromatic carbocycles. The van der Waals surface area contributed by atoms with Crippen molar-refractivity contribution in [1.82, 2.24) is 34.4 Å². The summed E-state index contributed by atoms with van der Waals surface area (Å²) in [6.07, 6.45) is 10.6. The second kappa shape index (κ2) is 10.5. The number of aromatic nitrogens is 6. The van der Waals surface area contributed by atoms with Crippen LogP contribution >= 0.6 is 0 Å². The summed E-state index contributed by atoms with van der Waals surface area (Å²) >= 11 is 0. The fourth-order valence-electron chi connectivity index (χ4n) is 4.89. The van der Waals surface area contributed by atoms with Crippen LogP contribution in [0, 0.1) is 5.92 Å². The maximum absolute atomic E-state index is 12.4. The van der Waals surface area contributed by atoms with Gasteiger partial charge in [-0.25, -0.2) is 19.4 Å². The largest absolute Gasteiger partial charge is 0.467 e. The molecule has 1 amide bonds. The average Bonchev–Trinajstić information content (AvgIpc) is 3.40. The zero-order valence-corrected chi connectivity index (χ0v) is 22.0. The van der Waals surface area contributed by atoms with Crippen LogP contribution < -0.4 is 4.74 Å². The number of hydrogen-bond acceptors (Lipinski definition) is 8. The Morgan fingerprint density at radius 1 is 1.11 bits per heavy atom. The van der Waals surface area contributed by atoms with Crippen LogP contribution in [0.15, 0.2) is 24.8 Å². The van der Waals surface area contributed by atoms with Crippen molar-refractivity contribution < 1.29 is 19.0 Å². The van der Waals surface area contributed by atoms with Gasteiger partial charge in [-0.2, -0.15) is 10.2 Å². The van der Waals surface area contributed by atoms with E-state index >= 15 is 0 Å². The monoisotopic (exact) mass is 509 g/mol. The van der Waals surface area contributed by atoms with Gasteiger partial charge in [0, 0.05) is 43.4 Å². The van der Waals surface area contributed by atoms with Gasteiger partial charge < -0.3 is 19.1 Å². The summed E-state index contributed by atoms with van der Waals surface area (Å²) < 4.78 is 20.3. The molecule has 0 N–H and O–H groups in total. The van der Waals surface area contributed by atoms with E-state index in [1.807, 2.05) is 41.2 Å². The Balaban J connectivity index is 1.30. The minimum absolute atomic E-state index is 0.227. The molecule has 2 aliphatic rings. The van der Waals surface area contributed by atoms with Gasteiger partial charge in [-0.3, -0.25) is 4.68 Å². The normalized spacial score (nSPS) is 16.8. The van der Waals surface area contributed by atoms with E-state index in [1.54, 1.807) is 19.5 Å².